The Hall–Kier alpha value is -1.88. The highest BCUT2D eigenvalue weighted by Gasteiger charge is 2.49. The van der Waals surface area contributed by atoms with E-state index in [2.05, 4.69) is 5.32 Å². The monoisotopic (exact) mass is 356 g/mol. The molecule has 1 saturated heterocycles. The fraction of sp³-hybridized carbons (Fsp3) is 0.619. The second-order valence-corrected chi connectivity index (χ2v) is 8.38. The molecule has 4 rings (SSSR count). The molecule has 3 unspecified atom stereocenters. The number of likely N-dealkylation sites (tertiary alicyclic amines) is 1. The van der Waals surface area contributed by atoms with Crippen molar-refractivity contribution < 1.29 is 14.7 Å². The van der Waals surface area contributed by atoms with Crippen molar-refractivity contribution in [2.75, 3.05) is 6.54 Å². The molecule has 1 aromatic carbocycles. The van der Waals surface area contributed by atoms with Gasteiger partial charge in [0.15, 0.2) is 0 Å². The Labute approximate surface area is 154 Å². The van der Waals surface area contributed by atoms with E-state index in [1.165, 1.54) is 0 Å². The van der Waals surface area contributed by atoms with E-state index in [0.717, 1.165) is 37.7 Å². The zero-order chi connectivity index (χ0) is 18.3. The number of piperidine rings is 1. The van der Waals surface area contributed by atoms with Gasteiger partial charge in [-0.05, 0) is 44.6 Å². The van der Waals surface area contributed by atoms with Crippen molar-refractivity contribution in [3.63, 3.8) is 0 Å². The summed E-state index contributed by atoms with van der Waals surface area (Å²) in [6.45, 7) is 2.31. The van der Waals surface area contributed by atoms with E-state index in [1.807, 2.05) is 35.2 Å². The average molecular weight is 356 g/mol. The predicted molar refractivity (Wildman–Crippen MR) is 98.1 cm³/mol. The third-order valence-corrected chi connectivity index (χ3v) is 6.30. The van der Waals surface area contributed by atoms with Crippen molar-refractivity contribution in [1.29, 1.82) is 0 Å². The van der Waals surface area contributed by atoms with E-state index in [4.69, 9.17) is 0 Å². The summed E-state index contributed by atoms with van der Waals surface area (Å²) in [6, 6.07) is 9.01. The molecule has 0 aromatic heterocycles. The number of hydrogen-bond acceptors (Lipinski definition) is 3. The molecule has 1 heterocycles. The molecule has 0 radical (unpaired) electrons. The highest BCUT2D eigenvalue weighted by atomic mass is 16.3. The summed E-state index contributed by atoms with van der Waals surface area (Å²) < 4.78 is 0. The molecule has 2 N–H and O–H groups in total. The summed E-state index contributed by atoms with van der Waals surface area (Å²) in [6.07, 6.45) is 5.33. The van der Waals surface area contributed by atoms with Gasteiger partial charge >= 0.3 is 0 Å². The second kappa shape index (κ2) is 6.69. The summed E-state index contributed by atoms with van der Waals surface area (Å²) >= 11 is 0. The fourth-order valence-electron chi connectivity index (χ4n) is 4.17. The van der Waals surface area contributed by atoms with E-state index in [-0.39, 0.29) is 29.7 Å². The van der Waals surface area contributed by atoms with Crippen molar-refractivity contribution in [3.8, 4) is 0 Å². The van der Waals surface area contributed by atoms with Gasteiger partial charge in [0.25, 0.3) is 0 Å². The molecule has 2 saturated carbocycles. The van der Waals surface area contributed by atoms with Crippen LogP contribution in [-0.2, 0) is 9.59 Å². The molecule has 5 heteroatoms. The summed E-state index contributed by atoms with van der Waals surface area (Å²) in [4.78, 5) is 27.5. The highest BCUT2D eigenvalue weighted by Crippen LogP contribution is 2.41. The Morgan fingerprint density at radius 2 is 1.81 bits per heavy atom. The first-order valence-corrected chi connectivity index (χ1v) is 9.85. The van der Waals surface area contributed by atoms with Crippen LogP contribution in [0, 0.1) is 11.8 Å². The van der Waals surface area contributed by atoms with E-state index in [0.29, 0.717) is 13.0 Å². The van der Waals surface area contributed by atoms with E-state index < -0.39 is 11.6 Å². The summed E-state index contributed by atoms with van der Waals surface area (Å²) in [7, 11) is 0. The van der Waals surface area contributed by atoms with Crippen LogP contribution in [-0.4, -0.2) is 40.0 Å². The molecule has 0 bridgehead atoms. The molecule has 3 fully saturated rings. The number of amides is 2. The number of rotatable bonds is 4. The summed E-state index contributed by atoms with van der Waals surface area (Å²) in [5.41, 5.74) is -0.0669. The Balaban J connectivity index is 1.67. The van der Waals surface area contributed by atoms with Crippen LogP contribution in [0.5, 0.6) is 0 Å². The zero-order valence-electron chi connectivity index (χ0n) is 15.4. The third-order valence-electron chi connectivity index (χ3n) is 6.30. The Kier molecular flexibility index (Phi) is 4.51. The molecule has 26 heavy (non-hydrogen) atoms. The first-order valence-electron chi connectivity index (χ1n) is 9.85. The molecular formula is C21H28N2O3. The minimum atomic E-state index is -1.04. The van der Waals surface area contributed by atoms with Gasteiger partial charge in [0, 0.05) is 18.4 Å². The van der Waals surface area contributed by atoms with Gasteiger partial charge < -0.3 is 15.3 Å². The van der Waals surface area contributed by atoms with Gasteiger partial charge in [-0.3, -0.25) is 9.59 Å². The smallest absolute Gasteiger partial charge is 0.226 e. The second-order valence-electron chi connectivity index (χ2n) is 8.38. The van der Waals surface area contributed by atoms with Crippen molar-refractivity contribution in [2.24, 2.45) is 11.8 Å². The normalized spacial score (nSPS) is 32.0. The average Bonchev–Trinajstić information content (AvgIpc) is 3.40. The lowest BCUT2D eigenvalue weighted by atomic mass is 9.77. The minimum Gasteiger partial charge on any atom is -0.388 e. The molecule has 1 aliphatic heterocycles. The van der Waals surface area contributed by atoms with Gasteiger partial charge in [0.1, 0.15) is 0 Å². The summed E-state index contributed by atoms with van der Waals surface area (Å²) in [5, 5.41) is 14.2. The Bertz CT molecular complexity index is 680. The van der Waals surface area contributed by atoms with Crippen molar-refractivity contribution in [2.45, 2.75) is 63.1 Å². The molecule has 3 aliphatic rings. The van der Waals surface area contributed by atoms with E-state index in [9.17, 15) is 14.7 Å². The Morgan fingerprint density at radius 1 is 1.12 bits per heavy atom. The molecular weight excluding hydrogens is 328 g/mol. The minimum absolute atomic E-state index is 0.00847. The number of nitrogens with one attached hydrogen (secondary N) is 1. The zero-order valence-corrected chi connectivity index (χ0v) is 15.4. The summed E-state index contributed by atoms with van der Waals surface area (Å²) in [5.74, 6) is 0.351. The van der Waals surface area contributed by atoms with Crippen molar-refractivity contribution in [1.82, 2.24) is 10.2 Å². The van der Waals surface area contributed by atoms with Crippen LogP contribution in [0.3, 0.4) is 0 Å². The molecule has 2 aliphatic carbocycles. The largest absolute Gasteiger partial charge is 0.388 e. The van der Waals surface area contributed by atoms with Gasteiger partial charge in [-0.25, -0.2) is 0 Å². The molecule has 5 nitrogen and oxygen atoms in total. The van der Waals surface area contributed by atoms with Crippen LogP contribution < -0.4 is 5.32 Å². The number of benzene rings is 1. The van der Waals surface area contributed by atoms with Crippen LogP contribution in [0.2, 0.25) is 0 Å². The first kappa shape index (κ1) is 17.5. The van der Waals surface area contributed by atoms with Crippen LogP contribution in [0.1, 0.15) is 57.1 Å². The van der Waals surface area contributed by atoms with Gasteiger partial charge in [-0.1, -0.05) is 36.8 Å². The quantitative estimate of drug-likeness (QED) is 0.870. The van der Waals surface area contributed by atoms with Gasteiger partial charge in [-0.15, -0.1) is 0 Å². The maximum Gasteiger partial charge on any atom is 0.226 e. The first-order chi connectivity index (χ1) is 12.5. The molecule has 1 aromatic rings. The van der Waals surface area contributed by atoms with Crippen LogP contribution in [0.25, 0.3) is 0 Å². The number of aliphatic hydroxyl groups is 1. The standard InChI is InChI=1S/C21H28N2O3/c1-21(26)12-13-23(20(25)16-8-5-9-16)17(14-6-3-2-4-7-14)18(21)22-19(24)15-10-11-15/h2-4,6-7,15-18,26H,5,8-13H2,1H3,(H,22,24). The van der Waals surface area contributed by atoms with Crippen LogP contribution in [0.4, 0.5) is 0 Å². The lowest BCUT2D eigenvalue weighted by Gasteiger charge is -2.50. The topological polar surface area (TPSA) is 69.6 Å². The lowest BCUT2D eigenvalue weighted by Crippen LogP contribution is -2.64. The van der Waals surface area contributed by atoms with E-state index >= 15 is 0 Å². The lowest BCUT2D eigenvalue weighted by molar-refractivity contribution is -0.152. The Morgan fingerprint density at radius 3 is 2.38 bits per heavy atom. The SMILES string of the molecule is CC1(O)CCN(C(=O)C2CCC2)C(c2ccccc2)C1NC(=O)C1CC1. The number of nitrogens with zero attached hydrogens (tertiary/aromatic N) is 1. The predicted octanol–water partition coefficient (Wildman–Crippen LogP) is 2.41. The van der Waals surface area contributed by atoms with E-state index in [1.54, 1.807) is 6.92 Å². The maximum atomic E-state index is 13.1. The fourth-order valence-corrected chi connectivity index (χ4v) is 4.17. The number of hydrogen-bond donors (Lipinski definition) is 2. The van der Waals surface area contributed by atoms with Gasteiger partial charge in [0.2, 0.25) is 11.8 Å². The number of carbonyl (C=O) groups excluding carboxylic acids is 2. The molecule has 140 valence electrons. The third kappa shape index (κ3) is 3.25. The maximum absolute atomic E-state index is 13.1. The molecule has 3 atom stereocenters. The van der Waals surface area contributed by atoms with Crippen LogP contribution >= 0.6 is 0 Å². The van der Waals surface area contributed by atoms with Crippen molar-refractivity contribution in [3.05, 3.63) is 35.9 Å². The van der Waals surface area contributed by atoms with Gasteiger partial charge in [0.05, 0.1) is 17.7 Å². The molecule has 2 amide bonds. The number of carbonyl (C=O) groups is 2. The van der Waals surface area contributed by atoms with Crippen molar-refractivity contribution >= 4 is 11.8 Å². The van der Waals surface area contributed by atoms with Crippen LogP contribution in [0.15, 0.2) is 30.3 Å². The molecule has 0 spiro atoms. The highest BCUT2D eigenvalue weighted by molar-refractivity contribution is 5.82. The van der Waals surface area contributed by atoms with Gasteiger partial charge in [-0.2, -0.15) is 0 Å².